The first kappa shape index (κ1) is 20.3. The zero-order valence-electron chi connectivity index (χ0n) is 16.8. The number of hydrogen-bond donors (Lipinski definition) is 0. The second-order valence-corrected chi connectivity index (χ2v) is 6.84. The fourth-order valence-electron chi connectivity index (χ4n) is 4.43. The number of esters is 2. The van der Waals surface area contributed by atoms with Gasteiger partial charge >= 0.3 is 11.9 Å². The summed E-state index contributed by atoms with van der Waals surface area (Å²) >= 11 is 0. The molecule has 7 nitrogen and oxygen atoms in total. The molecular formula is C21H27NO6. The molecule has 0 radical (unpaired) electrons. The largest absolute Gasteiger partial charge is 0.479 e. The van der Waals surface area contributed by atoms with Crippen molar-refractivity contribution >= 4 is 17.8 Å². The predicted molar refractivity (Wildman–Crippen MR) is 102 cm³/mol. The number of hydrogen-bond acceptors (Lipinski definition) is 7. The number of fused-ring (bicyclic) bond motifs is 1. The fraction of sp³-hybridized carbons (Fsp3) is 0.571. The molecular weight excluding hydrogens is 362 g/mol. The van der Waals surface area contributed by atoms with Gasteiger partial charge in [0.25, 0.3) is 0 Å². The van der Waals surface area contributed by atoms with Crippen molar-refractivity contribution in [3.63, 3.8) is 0 Å². The van der Waals surface area contributed by atoms with E-state index >= 15 is 0 Å². The van der Waals surface area contributed by atoms with Crippen LogP contribution in [0.15, 0.2) is 35.3 Å². The third-order valence-corrected chi connectivity index (χ3v) is 5.41. The Morgan fingerprint density at radius 2 is 1.82 bits per heavy atom. The van der Waals surface area contributed by atoms with Crippen LogP contribution in [0.5, 0.6) is 0 Å². The van der Waals surface area contributed by atoms with E-state index < -0.39 is 29.0 Å². The van der Waals surface area contributed by atoms with Crippen molar-refractivity contribution in [1.29, 1.82) is 0 Å². The average Bonchev–Trinajstić information content (AvgIpc) is 2.87. The quantitative estimate of drug-likeness (QED) is 0.667. The topological polar surface area (TPSA) is 83.4 Å². The first-order valence-corrected chi connectivity index (χ1v) is 9.72. The molecule has 0 spiro atoms. The maximum absolute atomic E-state index is 13.3. The number of nitrogens with zero attached hydrogens (tertiary/aromatic N) is 1. The molecule has 1 heterocycles. The Labute approximate surface area is 165 Å². The molecule has 0 N–H and O–H groups in total. The van der Waals surface area contributed by atoms with Crippen LogP contribution in [-0.4, -0.2) is 49.9 Å². The maximum Gasteiger partial charge on any atom is 0.319 e. The van der Waals surface area contributed by atoms with Gasteiger partial charge in [-0.2, -0.15) is 0 Å². The van der Waals surface area contributed by atoms with Gasteiger partial charge in [0, 0.05) is 13.5 Å². The van der Waals surface area contributed by atoms with E-state index in [2.05, 4.69) is 0 Å². The van der Waals surface area contributed by atoms with Crippen LogP contribution in [-0.2, 0) is 34.1 Å². The van der Waals surface area contributed by atoms with Crippen molar-refractivity contribution in [3.05, 3.63) is 35.9 Å². The lowest BCUT2D eigenvalue weighted by molar-refractivity contribution is -0.216. The average molecular weight is 389 g/mol. The number of carbonyl (C=O) groups excluding carboxylic acids is 2. The Morgan fingerprint density at radius 1 is 1.11 bits per heavy atom. The molecule has 1 aromatic carbocycles. The summed E-state index contributed by atoms with van der Waals surface area (Å²) in [6, 6.07) is 9.48. The van der Waals surface area contributed by atoms with Gasteiger partial charge in [-0.1, -0.05) is 30.3 Å². The maximum atomic E-state index is 13.3. The van der Waals surface area contributed by atoms with Crippen molar-refractivity contribution in [2.75, 3.05) is 19.8 Å². The Balaban J connectivity index is 2.22. The lowest BCUT2D eigenvalue weighted by Gasteiger charge is -2.57. The second-order valence-electron chi connectivity index (χ2n) is 6.84. The number of rotatable bonds is 7. The molecule has 28 heavy (non-hydrogen) atoms. The molecule has 3 rings (SSSR count). The van der Waals surface area contributed by atoms with Crippen LogP contribution in [0.4, 0.5) is 0 Å². The molecule has 152 valence electrons. The van der Waals surface area contributed by atoms with Crippen LogP contribution in [0.2, 0.25) is 0 Å². The van der Waals surface area contributed by atoms with Crippen molar-refractivity contribution in [2.24, 2.45) is 10.4 Å². The first-order chi connectivity index (χ1) is 13.5. The van der Waals surface area contributed by atoms with Crippen molar-refractivity contribution in [3.8, 4) is 0 Å². The molecule has 1 aliphatic heterocycles. The minimum absolute atomic E-state index is 0.210. The minimum Gasteiger partial charge on any atom is -0.479 e. The Hall–Kier alpha value is -2.41. The van der Waals surface area contributed by atoms with Crippen molar-refractivity contribution in [1.82, 2.24) is 0 Å². The van der Waals surface area contributed by atoms with Gasteiger partial charge in [-0.15, -0.1) is 0 Å². The van der Waals surface area contributed by atoms with E-state index in [1.54, 1.807) is 6.92 Å². The fourth-order valence-corrected chi connectivity index (χ4v) is 4.43. The summed E-state index contributed by atoms with van der Waals surface area (Å²) in [4.78, 5) is 30.0. The SMILES string of the molecule is CCOC(=O)[C@]12C[C@@H](OCC)[C@@]1(c1ccccc1)N=C(OCC)[C@H]2OC(C)=O. The molecule has 1 fully saturated rings. The smallest absolute Gasteiger partial charge is 0.319 e. The zero-order valence-corrected chi connectivity index (χ0v) is 16.8. The highest BCUT2D eigenvalue weighted by Gasteiger charge is 2.81. The van der Waals surface area contributed by atoms with E-state index in [-0.39, 0.29) is 18.6 Å². The van der Waals surface area contributed by atoms with Gasteiger partial charge in [0.05, 0.1) is 19.3 Å². The predicted octanol–water partition coefficient (Wildman–Crippen LogP) is 2.62. The van der Waals surface area contributed by atoms with Gasteiger partial charge in [-0.25, -0.2) is 4.99 Å². The highest BCUT2D eigenvalue weighted by molar-refractivity contribution is 5.98. The van der Waals surface area contributed by atoms with Gasteiger partial charge in [0.2, 0.25) is 5.90 Å². The van der Waals surface area contributed by atoms with Crippen LogP contribution < -0.4 is 0 Å². The van der Waals surface area contributed by atoms with Gasteiger partial charge in [-0.3, -0.25) is 9.59 Å². The molecule has 2 aliphatic rings. The van der Waals surface area contributed by atoms with Gasteiger partial charge in [0.1, 0.15) is 11.0 Å². The monoisotopic (exact) mass is 389 g/mol. The highest BCUT2D eigenvalue weighted by Crippen LogP contribution is 2.66. The molecule has 0 bridgehead atoms. The minimum atomic E-state index is -1.22. The summed E-state index contributed by atoms with van der Waals surface area (Å²) in [7, 11) is 0. The normalized spacial score (nSPS) is 30.6. The molecule has 1 saturated carbocycles. The summed E-state index contributed by atoms with van der Waals surface area (Å²) in [5, 5.41) is 0. The Bertz CT molecular complexity index is 763. The van der Waals surface area contributed by atoms with Crippen molar-refractivity contribution < 1.29 is 28.5 Å². The number of benzene rings is 1. The van der Waals surface area contributed by atoms with Crippen LogP contribution in [0.1, 0.15) is 39.7 Å². The van der Waals surface area contributed by atoms with E-state index in [4.69, 9.17) is 23.9 Å². The van der Waals surface area contributed by atoms with E-state index in [1.807, 2.05) is 44.2 Å². The molecule has 4 atom stereocenters. The Morgan fingerprint density at radius 3 is 2.39 bits per heavy atom. The third-order valence-electron chi connectivity index (χ3n) is 5.41. The zero-order chi connectivity index (χ0) is 20.4. The molecule has 0 unspecified atom stereocenters. The van der Waals surface area contributed by atoms with Crippen LogP contribution >= 0.6 is 0 Å². The van der Waals surface area contributed by atoms with E-state index in [1.165, 1.54) is 6.92 Å². The summed E-state index contributed by atoms with van der Waals surface area (Å²) in [6.07, 6.45) is -0.992. The van der Waals surface area contributed by atoms with E-state index in [9.17, 15) is 9.59 Å². The van der Waals surface area contributed by atoms with Gasteiger partial charge in [0.15, 0.2) is 6.10 Å². The van der Waals surface area contributed by atoms with Crippen LogP contribution in [0, 0.1) is 5.41 Å². The van der Waals surface area contributed by atoms with Crippen LogP contribution in [0.3, 0.4) is 0 Å². The molecule has 0 amide bonds. The molecule has 1 aromatic rings. The Kier molecular flexibility index (Phi) is 5.74. The van der Waals surface area contributed by atoms with Crippen LogP contribution in [0.25, 0.3) is 0 Å². The van der Waals surface area contributed by atoms with Gasteiger partial charge < -0.3 is 18.9 Å². The lowest BCUT2D eigenvalue weighted by atomic mass is 9.49. The molecule has 0 saturated heterocycles. The second kappa shape index (κ2) is 7.91. The van der Waals surface area contributed by atoms with E-state index in [0.29, 0.717) is 19.6 Å². The molecule has 1 aliphatic carbocycles. The summed E-state index contributed by atoms with van der Waals surface area (Å²) in [6.45, 7) is 7.78. The van der Waals surface area contributed by atoms with Crippen molar-refractivity contribution in [2.45, 2.75) is 51.9 Å². The van der Waals surface area contributed by atoms with E-state index in [0.717, 1.165) is 5.56 Å². The summed E-state index contributed by atoms with van der Waals surface area (Å²) in [5.74, 6) is -0.735. The first-order valence-electron chi connectivity index (χ1n) is 9.72. The molecule has 7 heteroatoms. The number of carbonyl (C=O) groups is 2. The third kappa shape index (κ3) is 2.80. The van der Waals surface area contributed by atoms with Gasteiger partial charge in [-0.05, 0) is 32.8 Å². The summed E-state index contributed by atoms with van der Waals surface area (Å²) < 4.78 is 22.8. The number of aliphatic imine (C=N–C) groups is 1. The summed E-state index contributed by atoms with van der Waals surface area (Å²) in [5.41, 5.74) is -1.48. The standard InChI is InChI=1S/C21H27NO6/c1-5-25-16-13-20(19(24)27-7-3)17(28-14(4)23)18(26-6-2)22-21(16,20)15-11-9-8-10-12-15/h8-12,16-17H,5-7,13H2,1-4H3/t16-,17-,20-,21-/m1/s1. The molecule has 0 aromatic heterocycles. The number of ether oxygens (including phenoxy) is 4. The highest BCUT2D eigenvalue weighted by atomic mass is 16.6. The lowest BCUT2D eigenvalue weighted by Crippen LogP contribution is -2.70.